The van der Waals surface area contributed by atoms with Gasteiger partial charge in [0.25, 0.3) is 11.5 Å². The van der Waals surface area contributed by atoms with Gasteiger partial charge in [-0.05, 0) is 74.0 Å². The SMILES string of the molecule is COc1ccc(-n2c(SCc3cccc(OC)c3)nc3cc(C(=O)NC(C)C)ccc3c2=O)cc1. The predicted octanol–water partition coefficient (Wildman–Crippen LogP) is 4.83. The molecule has 7 nitrogen and oxygen atoms in total. The van der Waals surface area contributed by atoms with Crippen LogP contribution in [-0.2, 0) is 5.75 Å². The Bertz CT molecular complexity index is 1410. The number of nitrogens with one attached hydrogen (secondary N) is 1. The number of fused-ring (bicyclic) bond motifs is 1. The summed E-state index contributed by atoms with van der Waals surface area (Å²) < 4.78 is 12.2. The summed E-state index contributed by atoms with van der Waals surface area (Å²) in [4.78, 5) is 31.0. The van der Waals surface area contributed by atoms with Crippen molar-refractivity contribution in [2.24, 2.45) is 0 Å². The van der Waals surface area contributed by atoms with Crippen LogP contribution in [0.15, 0.2) is 76.7 Å². The first-order valence-corrected chi connectivity index (χ1v) is 12.2. The van der Waals surface area contributed by atoms with Crippen LogP contribution in [0.1, 0.15) is 29.8 Å². The first-order chi connectivity index (χ1) is 16.9. The molecule has 0 aliphatic rings. The molecule has 0 fully saturated rings. The van der Waals surface area contributed by atoms with Gasteiger partial charge in [-0.25, -0.2) is 4.98 Å². The van der Waals surface area contributed by atoms with Crippen molar-refractivity contribution in [2.75, 3.05) is 14.2 Å². The van der Waals surface area contributed by atoms with E-state index >= 15 is 0 Å². The fourth-order valence-corrected chi connectivity index (χ4v) is 4.57. The Morgan fingerprint density at radius 2 is 1.74 bits per heavy atom. The molecule has 0 aliphatic carbocycles. The van der Waals surface area contributed by atoms with Crippen LogP contribution in [0.2, 0.25) is 0 Å². The smallest absolute Gasteiger partial charge is 0.266 e. The van der Waals surface area contributed by atoms with E-state index in [1.54, 1.807) is 37.0 Å². The van der Waals surface area contributed by atoms with Crippen LogP contribution >= 0.6 is 11.8 Å². The molecule has 35 heavy (non-hydrogen) atoms. The van der Waals surface area contributed by atoms with Crippen LogP contribution in [0.5, 0.6) is 11.5 Å². The molecule has 1 amide bonds. The van der Waals surface area contributed by atoms with Gasteiger partial charge in [-0.3, -0.25) is 14.2 Å². The lowest BCUT2D eigenvalue weighted by atomic mass is 10.1. The number of amides is 1. The van der Waals surface area contributed by atoms with E-state index in [0.717, 1.165) is 11.3 Å². The van der Waals surface area contributed by atoms with Crippen molar-refractivity contribution in [1.29, 1.82) is 0 Å². The average molecular weight is 490 g/mol. The normalized spacial score (nSPS) is 11.0. The number of nitrogens with zero attached hydrogens (tertiary/aromatic N) is 2. The molecule has 0 bridgehead atoms. The van der Waals surface area contributed by atoms with Crippen LogP contribution in [0.25, 0.3) is 16.6 Å². The Labute approximate surface area is 208 Å². The molecule has 3 aromatic carbocycles. The molecular formula is C27H27N3O4S. The van der Waals surface area contributed by atoms with Gasteiger partial charge in [0.05, 0.1) is 30.8 Å². The van der Waals surface area contributed by atoms with Crippen molar-refractivity contribution in [3.8, 4) is 17.2 Å². The minimum absolute atomic E-state index is 0.00297. The Morgan fingerprint density at radius 1 is 1.00 bits per heavy atom. The summed E-state index contributed by atoms with van der Waals surface area (Å²) in [6.07, 6.45) is 0. The summed E-state index contributed by atoms with van der Waals surface area (Å²) in [5.41, 5.74) is 2.45. The molecule has 0 atom stereocenters. The fourth-order valence-electron chi connectivity index (χ4n) is 3.62. The molecule has 4 rings (SSSR count). The zero-order valence-corrected chi connectivity index (χ0v) is 20.9. The molecule has 0 saturated carbocycles. The number of rotatable bonds is 8. The molecule has 0 spiro atoms. The maximum absolute atomic E-state index is 13.6. The van der Waals surface area contributed by atoms with E-state index in [2.05, 4.69) is 5.32 Å². The van der Waals surface area contributed by atoms with Gasteiger partial charge in [-0.1, -0.05) is 23.9 Å². The largest absolute Gasteiger partial charge is 0.497 e. The van der Waals surface area contributed by atoms with Gasteiger partial charge in [0.15, 0.2) is 5.16 Å². The van der Waals surface area contributed by atoms with Gasteiger partial charge >= 0.3 is 0 Å². The third-order valence-electron chi connectivity index (χ3n) is 5.35. The highest BCUT2D eigenvalue weighted by molar-refractivity contribution is 7.98. The maximum atomic E-state index is 13.6. The van der Waals surface area contributed by atoms with Crippen molar-refractivity contribution in [2.45, 2.75) is 30.8 Å². The quantitative estimate of drug-likeness (QED) is 0.282. The minimum atomic E-state index is -0.205. The summed E-state index contributed by atoms with van der Waals surface area (Å²) in [6, 6.07) is 20.0. The number of methoxy groups -OCH3 is 2. The number of benzene rings is 3. The van der Waals surface area contributed by atoms with Crippen molar-refractivity contribution in [3.63, 3.8) is 0 Å². The topological polar surface area (TPSA) is 82.4 Å². The Balaban J connectivity index is 1.81. The van der Waals surface area contributed by atoms with Gasteiger partial charge in [-0.2, -0.15) is 0 Å². The molecular weight excluding hydrogens is 462 g/mol. The molecule has 0 unspecified atom stereocenters. The number of hydrogen-bond acceptors (Lipinski definition) is 6. The number of hydrogen-bond donors (Lipinski definition) is 1. The Hall–Kier alpha value is -3.78. The lowest BCUT2D eigenvalue weighted by Gasteiger charge is -2.15. The van der Waals surface area contributed by atoms with E-state index in [4.69, 9.17) is 14.5 Å². The third kappa shape index (κ3) is 5.49. The van der Waals surface area contributed by atoms with Gasteiger partial charge in [0.2, 0.25) is 0 Å². The number of carbonyl (C=O) groups excluding carboxylic acids is 1. The summed E-state index contributed by atoms with van der Waals surface area (Å²) in [7, 11) is 3.23. The third-order valence-corrected chi connectivity index (χ3v) is 6.36. The summed E-state index contributed by atoms with van der Waals surface area (Å²) in [5.74, 6) is 1.84. The van der Waals surface area contributed by atoms with Crippen LogP contribution in [-0.4, -0.2) is 35.7 Å². The summed E-state index contributed by atoms with van der Waals surface area (Å²) in [5, 5.41) is 3.84. The van der Waals surface area contributed by atoms with Crippen molar-refractivity contribution >= 4 is 28.6 Å². The Kier molecular flexibility index (Phi) is 7.41. The molecule has 1 aromatic heterocycles. The van der Waals surface area contributed by atoms with Gasteiger partial charge in [0, 0.05) is 17.4 Å². The van der Waals surface area contributed by atoms with E-state index in [0.29, 0.717) is 38.8 Å². The van der Waals surface area contributed by atoms with Gasteiger partial charge in [-0.15, -0.1) is 0 Å². The highest BCUT2D eigenvalue weighted by Gasteiger charge is 2.16. The van der Waals surface area contributed by atoms with E-state index < -0.39 is 0 Å². The predicted molar refractivity (Wildman–Crippen MR) is 139 cm³/mol. The first kappa shape index (κ1) is 24.3. The lowest BCUT2D eigenvalue weighted by Crippen LogP contribution is -2.30. The molecule has 1 N–H and O–H groups in total. The van der Waals surface area contributed by atoms with Gasteiger partial charge < -0.3 is 14.8 Å². The monoisotopic (exact) mass is 489 g/mol. The molecule has 0 aliphatic heterocycles. The standard InChI is InChI=1S/C27H27N3O4S/c1-17(2)28-25(31)19-8-13-23-24(15-19)29-27(35-16-18-6-5-7-22(14-18)34-4)30(26(23)32)20-9-11-21(33-3)12-10-20/h5-15,17H,16H2,1-4H3,(H,28,31). The van der Waals surface area contributed by atoms with Crippen LogP contribution < -0.4 is 20.3 Å². The van der Waals surface area contributed by atoms with E-state index in [9.17, 15) is 9.59 Å². The molecule has 0 saturated heterocycles. The van der Waals surface area contributed by atoms with Crippen LogP contribution in [0.3, 0.4) is 0 Å². The number of aromatic nitrogens is 2. The van der Waals surface area contributed by atoms with E-state index in [1.807, 2.05) is 62.4 Å². The second kappa shape index (κ2) is 10.7. The highest BCUT2D eigenvalue weighted by Crippen LogP contribution is 2.27. The van der Waals surface area contributed by atoms with E-state index in [1.165, 1.54) is 11.8 Å². The van der Waals surface area contributed by atoms with Crippen LogP contribution in [0, 0.1) is 0 Å². The first-order valence-electron chi connectivity index (χ1n) is 11.2. The molecule has 8 heteroatoms. The summed E-state index contributed by atoms with van der Waals surface area (Å²) in [6.45, 7) is 3.80. The van der Waals surface area contributed by atoms with Crippen molar-refractivity contribution < 1.29 is 14.3 Å². The second-order valence-electron chi connectivity index (χ2n) is 8.23. The summed E-state index contributed by atoms with van der Waals surface area (Å²) >= 11 is 1.44. The number of carbonyl (C=O) groups is 1. The van der Waals surface area contributed by atoms with Crippen molar-refractivity contribution in [3.05, 3.63) is 88.2 Å². The molecule has 1 heterocycles. The Morgan fingerprint density at radius 3 is 2.43 bits per heavy atom. The molecule has 180 valence electrons. The zero-order chi connectivity index (χ0) is 24.9. The van der Waals surface area contributed by atoms with E-state index in [-0.39, 0.29) is 17.5 Å². The maximum Gasteiger partial charge on any atom is 0.266 e. The zero-order valence-electron chi connectivity index (χ0n) is 20.1. The minimum Gasteiger partial charge on any atom is -0.497 e. The molecule has 0 radical (unpaired) electrons. The lowest BCUT2D eigenvalue weighted by molar-refractivity contribution is 0.0943. The van der Waals surface area contributed by atoms with Crippen LogP contribution in [0.4, 0.5) is 0 Å². The second-order valence-corrected chi connectivity index (χ2v) is 9.18. The fraction of sp³-hybridized carbons (Fsp3) is 0.222. The number of ether oxygens (including phenoxy) is 2. The highest BCUT2D eigenvalue weighted by atomic mass is 32.2. The van der Waals surface area contributed by atoms with Crippen molar-refractivity contribution in [1.82, 2.24) is 14.9 Å². The van der Waals surface area contributed by atoms with Gasteiger partial charge in [0.1, 0.15) is 11.5 Å². The number of thioether (sulfide) groups is 1. The molecule has 4 aromatic rings. The average Bonchev–Trinajstić information content (AvgIpc) is 2.87.